The van der Waals surface area contributed by atoms with Crippen molar-refractivity contribution in [1.29, 1.82) is 5.26 Å². The van der Waals surface area contributed by atoms with Crippen LogP contribution in [-0.2, 0) is 12.8 Å². The molecular weight excluding hydrogens is 443 g/mol. The lowest BCUT2D eigenvalue weighted by atomic mass is 9.72. The smallest absolute Gasteiger partial charge is 0.134 e. The number of rotatable bonds is 2. The van der Waals surface area contributed by atoms with Gasteiger partial charge in [0.05, 0.1) is 9.13 Å². The average molecular weight is 464 g/mol. The molecule has 0 bridgehead atoms. The zero-order chi connectivity index (χ0) is 18.2. The Morgan fingerprint density at radius 1 is 1.40 bits per heavy atom. The molecule has 1 heterocycles. The summed E-state index contributed by atoms with van der Waals surface area (Å²) in [6.45, 7) is 6.90. The van der Waals surface area contributed by atoms with Gasteiger partial charge in [0.25, 0.3) is 0 Å². The normalized spacial score (nSPS) is 17.5. The van der Waals surface area contributed by atoms with E-state index in [0.29, 0.717) is 11.3 Å². The molecule has 0 aliphatic heterocycles. The third-order valence-electron chi connectivity index (χ3n) is 4.89. The lowest BCUT2D eigenvalue weighted by molar-refractivity contribution is 0.218. The van der Waals surface area contributed by atoms with Crippen LogP contribution < -0.4 is 0 Å². The van der Waals surface area contributed by atoms with E-state index in [-0.39, 0.29) is 5.75 Å². The van der Waals surface area contributed by atoms with Crippen molar-refractivity contribution >= 4 is 45.1 Å². The molecule has 0 saturated heterocycles. The molecule has 0 fully saturated rings. The van der Waals surface area contributed by atoms with Crippen molar-refractivity contribution in [2.45, 2.75) is 40.0 Å². The Balaban J connectivity index is 1.91. The number of aliphatic imine (C=N–C) groups is 1. The molecule has 1 aliphatic rings. The van der Waals surface area contributed by atoms with Crippen LogP contribution in [0.25, 0.3) is 0 Å². The van der Waals surface area contributed by atoms with Gasteiger partial charge in [-0.05, 0) is 82.5 Å². The van der Waals surface area contributed by atoms with E-state index in [1.54, 1.807) is 23.6 Å². The van der Waals surface area contributed by atoms with Gasteiger partial charge in [0.2, 0.25) is 0 Å². The van der Waals surface area contributed by atoms with E-state index in [9.17, 15) is 10.4 Å². The maximum Gasteiger partial charge on any atom is 0.134 e. The second kappa shape index (κ2) is 7.08. The van der Waals surface area contributed by atoms with Crippen molar-refractivity contribution in [3.8, 4) is 11.8 Å². The highest BCUT2D eigenvalue weighted by atomic mass is 127. The third kappa shape index (κ3) is 3.90. The van der Waals surface area contributed by atoms with Crippen molar-refractivity contribution in [3.05, 3.63) is 43.3 Å². The van der Waals surface area contributed by atoms with Crippen LogP contribution in [-0.4, -0.2) is 11.3 Å². The standard InChI is InChI=1S/C20H21IN2OS/c1-20(2,3)13-5-6-14-15(10-22)19(25-18(14)9-13)23-11-12-4-7-17(24)16(21)8-12/h4,7-8,11,13,24H,5-6,9H2,1-3H3/t13-/m1/s1. The molecule has 0 spiro atoms. The number of halogens is 1. The van der Waals surface area contributed by atoms with E-state index in [2.05, 4.69) is 54.4 Å². The summed E-state index contributed by atoms with van der Waals surface area (Å²) in [6, 6.07) is 7.75. The van der Waals surface area contributed by atoms with Gasteiger partial charge in [0, 0.05) is 11.1 Å². The van der Waals surface area contributed by atoms with E-state index in [1.165, 1.54) is 10.4 Å². The van der Waals surface area contributed by atoms with E-state index < -0.39 is 0 Å². The quantitative estimate of drug-likeness (QED) is 0.449. The Kier molecular flexibility index (Phi) is 5.21. The molecule has 0 unspecified atom stereocenters. The Morgan fingerprint density at radius 3 is 2.80 bits per heavy atom. The third-order valence-corrected chi connectivity index (χ3v) is 6.91. The summed E-state index contributed by atoms with van der Waals surface area (Å²) in [4.78, 5) is 5.93. The Morgan fingerprint density at radius 2 is 2.16 bits per heavy atom. The number of phenols is 1. The number of nitriles is 1. The predicted molar refractivity (Wildman–Crippen MR) is 112 cm³/mol. The summed E-state index contributed by atoms with van der Waals surface area (Å²) >= 11 is 3.76. The lowest BCUT2D eigenvalue weighted by Gasteiger charge is -2.33. The number of benzene rings is 1. The van der Waals surface area contributed by atoms with Crippen LogP contribution in [0.3, 0.4) is 0 Å². The molecular formula is C20H21IN2OS. The average Bonchev–Trinajstić information content (AvgIpc) is 2.91. The van der Waals surface area contributed by atoms with Crippen LogP contribution in [0.5, 0.6) is 5.75 Å². The highest BCUT2D eigenvalue weighted by molar-refractivity contribution is 14.1. The molecule has 1 aromatic heterocycles. The summed E-state index contributed by atoms with van der Waals surface area (Å²) in [5.41, 5.74) is 3.17. The Labute approximate surface area is 166 Å². The van der Waals surface area contributed by atoms with Crippen molar-refractivity contribution < 1.29 is 5.11 Å². The second-order valence-corrected chi connectivity index (χ2v) is 9.82. The zero-order valence-electron chi connectivity index (χ0n) is 14.6. The number of hydrogen-bond acceptors (Lipinski definition) is 4. The molecule has 2 aromatic rings. The monoisotopic (exact) mass is 464 g/mol. The van der Waals surface area contributed by atoms with Gasteiger partial charge >= 0.3 is 0 Å². The van der Waals surface area contributed by atoms with Crippen LogP contribution in [0, 0.1) is 26.2 Å². The fraction of sp³-hybridized carbons (Fsp3) is 0.400. The summed E-state index contributed by atoms with van der Waals surface area (Å²) in [5.74, 6) is 0.927. The summed E-state index contributed by atoms with van der Waals surface area (Å²) in [6.07, 6.45) is 4.94. The first-order valence-electron chi connectivity index (χ1n) is 8.37. The number of nitrogens with zero attached hydrogens (tertiary/aromatic N) is 2. The molecule has 1 N–H and O–H groups in total. The fourth-order valence-electron chi connectivity index (χ4n) is 3.25. The summed E-state index contributed by atoms with van der Waals surface area (Å²) in [7, 11) is 0. The molecule has 130 valence electrons. The van der Waals surface area contributed by atoms with E-state index in [1.807, 2.05) is 12.1 Å². The second-order valence-electron chi connectivity index (χ2n) is 7.57. The topological polar surface area (TPSA) is 56.4 Å². The molecule has 0 amide bonds. The molecule has 25 heavy (non-hydrogen) atoms. The van der Waals surface area contributed by atoms with Gasteiger partial charge in [-0.15, -0.1) is 11.3 Å². The molecule has 1 aliphatic carbocycles. The SMILES string of the molecule is CC(C)(C)[C@@H]1CCc2c(sc(N=Cc3ccc(O)c(I)c3)c2C#N)C1. The minimum absolute atomic E-state index is 0.273. The molecule has 3 rings (SSSR count). The molecule has 3 nitrogen and oxygen atoms in total. The Hall–Kier alpha value is -1.39. The molecule has 1 aromatic carbocycles. The van der Waals surface area contributed by atoms with Crippen molar-refractivity contribution in [3.63, 3.8) is 0 Å². The van der Waals surface area contributed by atoms with Crippen LogP contribution in [0.4, 0.5) is 5.00 Å². The van der Waals surface area contributed by atoms with Crippen molar-refractivity contribution in [2.75, 3.05) is 0 Å². The predicted octanol–water partition coefficient (Wildman–Crippen LogP) is 5.83. The first-order chi connectivity index (χ1) is 11.8. The summed E-state index contributed by atoms with van der Waals surface area (Å²) in [5, 5.41) is 20.0. The van der Waals surface area contributed by atoms with Gasteiger partial charge in [0.1, 0.15) is 16.8 Å². The minimum Gasteiger partial charge on any atom is -0.507 e. The van der Waals surface area contributed by atoms with Crippen LogP contribution in [0.15, 0.2) is 23.2 Å². The number of fused-ring (bicyclic) bond motifs is 1. The number of thiophene rings is 1. The lowest BCUT2D eigenvalue weighted by Crippen LogP contribution is -2.26. The van der Waals surface area contributed by atoms with Gasteiger partial charge < -0.3 is 5.11 Å². The molecule has 1 atom stereocenters. The van der Waals surface area contributed by atoms with Crippen LogP contribution in [0.2, 0.25) is 0 Å². The molecule has 5 heteroatoms. The van der Waals surface area contributed by atoms with Gasteiger partial charge in [-0.1, -0.05) is 20.8 Å². The van der Waals surface area contributed by atoms with Gasteiger partial charge in [-0.3, -0.25) is 0 Å². The number of hydrogen-bond donors (Lipinski definition) is 1. The number of aromatic hydroxyl groups is 1. The van der Waals surface area contributed by atoms with E-state index in [0.717, 1.165) is 39.0 Å². The molecule has 0 radical (unpaired) electrons. The maximum atomic E-state index is 9.62. The van der Waals surface area contributed by atoms with Crippen LogP contribution in [0.1, 0.15) is 48.8 Å². The first kappa shape index (κ1) is 18.4. The number of phenolic OH excluding ortho intramolecular Hbond substituents is 1. The highest BCUT2D eigenvalue weighted by Crippen LogP contribution is 2.44. The van der Waals surface area contributed by atoms with E-state index >= 15 is 0 Å². The first-order valence-corrected chi connectivity index (χ1v) is 10.3. The maximum absolute atomic E-state index is 9.62. The van der Waals surface area contributed by atoms with Gasteiger partial charge in [-0.2, -0.15) is 5.26 Å². The van der Waals surface area contributed by atoms with Crippen molar-refractivity contribution in [1.82, 2.24) is 0 Å². The van der Waals surface area contributed by atoms with E-state index in [4.69, 9.17) is 0 Å². The highest BCUT2D eigenvalue weighted by Gasteiger charge is 2.32. The van der Waals surface area contributed by atoms with Crippen molar-refractivity contribution in [2.24, 2.45) is 16.3 Å². The fourth-order valence-corrected chi connectivity index (χ4v) is 5.01. The summed E-state index contributed by atoms with van der Waals surface area (Å²) < 4.78 is 0.792. The largest absolute Gasteiger partial charge is 0.507 e. The van der Waals surface area contributed by atoms with Gasteiger partial charge in [0.15, 0.2) is 0 Å². The minimum atomic E-state index is 0.273. The van der Waals surface area contributed by atoms with Gasteiger partial charge in [-0.25, -0.2) is 4.99 Å². The van der Waals surface area contributed by atoms with Crippen LogP contribution >= 0.6 is 33.9 Å². The molecule has 0 saturated carbocycles. The zero-order valence-corrected chi connectivity index (χ0v) is 17.6. The Bertz CT molecular complexity index is 871.